The van der Waals surface area contributed by atoms with Crippen molar-refractivity contribution in [2.45, 2.75) is 30.7 Å². The molecule has 0 aliphatic heterocycles. The molecule has 160 valence electrons. The van der Waals surface area contributed by atoms with Crippen LogP contribution in [0.2, 0.25) is 0 Å². The second-order valence-corrected chi connectivity index (χ2v) is 9.87. The standard InChI is InChI=1S/C22H27N3O3S2/c1-16-7-9-18(10-8-16)30(27,28)25-21(12-14-29-2)22(26)23-13-11-17-15-24-20-6-4-3-5-19(17)20/h3-10,15,21,24-25H,11-14H2,1-2H3,(H,23,26)/t21-/m1/s1. The van der Waals surface area contributed by atoms with E-state index in [1.54, 1.807) is 36.0 Å². The second kappa shape index (κ2) is 10.1. The van der Waals surface area contributed by atoms with Gasteiger partial charge in [-0.15, -0.1) is 0 Å². The summed E-state index contributed by atoms with van der Waals surface area (Å²) in [6.07, 6.45) is 4.96. The molecule has 1 atom stereocenters. The molecule has 2 aromatic carbocycles. The molecule has 3 rings (SSSR count). The number of para-hydroxylation sites is 1. The predicted octanol–water partition coefficient (Wildman–Crippen LogP) is 3.24. The summed E-state index contributed by atoms with van der Waals surface area (Å²) in [6.45, 7) is 2.33. The van der Waals surface area contributed by atoms with E-state index in [0.717, 1.165) is 22.0 Å². The van der Waals surface area contributed by atoms with Crippen LogP contribution in [0.4, 0.5) is 0 Å². The van der Waals surface area contributed by atoms with Gasteiger partial charge in [-0.05, 0) is 55.5 Å². The lowest BCUT2D eigenvalue weighted by atomic mass is 10.1. The van der Waals surface area contributed by atoms with E-state index in [2.05, 4.69) is 15.0 Å². The van der Waals surface area contributed by atoms with Crippen LogP contribution < -0.4 is 10.0 Å². The number of H-pyrrole nitrogens is 1. The number of hydrogen-bond acceptors (Lipinski definition) is 4. The van der Waals surface area contributed by atoms with Crippen molar-refractivity contribution in [1.29, 1.82) is 0 Å². The van der Waals surface area contributed by atoms with Crippen LogP contribution in [0.5, 0.6) is 0 Å². The van der Waals surface area contributed by atoms with E-state index < -0.39 is 16.1 Å². The first kappa shape index (κ1) is 22.4. The van der Waals surface area contributed by atoms with E-state index in [1.165, 1.54) is 0 Å². The third-order valence-electron chi connectivity index (χ3n) is 4.92. The molecule has 1 heterocycles. The van der Waals surface area contributed by atoms with Gasteiger partial charge in [0.15, 0.2) is 0 Å². The number of sulfonamides is 1. The van der Waals surface area contributed by atoms with Gasteiger partial charge in [0.1, 0.15) is 6.04 Å². The van der Waals surface area contributed by atoms with E-state index in [1.807, 2.05) is 43.6 Å². The summed E-state index contributed by atoms with van der Waals surface area (Å²) in [4.78, 5) is 16.1. The van der Waals surface area contributed by atoms with Gasteiger partial charge in [0.05, 0.1) is 4.90 Å². The Kier molecular flexibility index (Phi) is 7.58. The van der Waals surface area contributed by atoms with E-state index in [0.29, 0.717) is 25.1 Å². The van der Waals surface area contributed by atoms with Crippen LogP contribution >= 0.6 is 11.8 Å². The molecule has 0 unspecified atom stereocenters. The molecule has 3 aromatic rings. The van der Waals surface area contributed by atoms with Gasteiger partial charge in [0, 0.05) is 23.6 Å². The maximum Gasteiger partial charge on any atom is 0.241 e. The van der Waals surface area contributed by atoms with E-state index in [9.17, 15) is 13.2 Å². The lowest BCUT2D eigenvalue weighted by Crippen LogP contribution is -2.47. The fraction of sp³-hybridized carbons (Fsp3) is 0.318. The summed E-state index contributed by atoms with van der Waals surface area (Å²) in [7, 11) is -3.77. The largest absolute Gasteiger partial charge is 0.361 e. The highest BCUT2D eigenvalue weighted by Crippen LogP contribution is 2.18. The van der Waals surface area contributed by atoms with Crippen molar-refractivity contribution in [2.24, 2.45) is 0 Å². The maximum atomic E-state index is 12.7. The van der Waals surface area contributed by atoms with Crippen LogP contribution in [0.25, 0.3) is 10.9 Å². The van der Waals surface area contributed by atoms with Crippen molar-refractivity contribution in [3.8, 4) is 0 Å². The minimum atomic E-state index is -3.77. The van der Waals surface area contributed by atoms with Crippen molar-refractivity contribution in [1.82, 2.24) is 15.0 Å². The number of aromatic amines is 1. The van der Waals surface area contributed by atoms with Crippen LogP contribution in [0.15, 0.2) is 59.6 Å². The number of aromatic nitrogens is 1. The first-order chi connectivity index (χ1) is 14.4. The maximum absolute atomic E-state index is 12.7. The van der Waals surface area contributed by atoms with Gasteiger partial charge in [-0.1, -0.05) is 35.9 Å². The zero-order valence-corrected chi connectivity index (χ0v) is 18.8. The van der Waals surface area contributed by atoms with Crippen molar-refractivity contribution >= 4 is 38.6 Å². The molecule has 0 aliphatic carbocycles. The smallest absolute Gasteiger partial charge is 0.241 e. The number of amides is 1. The molecule has 0 bridgehead atoms. The van der Waals surface area contributed by atoms with Gasteiger partial charge < -0.3 is 10.3 Å². The first-order valence-electron chi connectivity index (χ1n) is 9.81. The summed E-state index contributed by atoms with van der Waals surface area (Å²) in [5.41, 5.74) is 3.15. The van der Waals surface area contributed by atoms with Crippen molar-refractivity contribution < 1.29 is 13.2 Å². The molecule has 0 fully saturated rings. The second-order valence-electron chi connectivity index (χ2n) is 7.17. The minimum Gasteiger partial charge on any atom is -0.361 e. The normalized spacial score (nSPS) is 12.7. The molecule has 1 amide bonds. The van der Waals surface area contributed by atoms with Crippen LogP contribution in [0.3, 0.4) is 0 Å². The van der Waals surface area contributed by atoms with Crippen molar-refractivity contribution in [3.63, 3.8) is 0 Å². The van der Waals surface area contributed by atoms with Crippen LogP contribution in [-0.2, 0) is 21.2 Å². The van der Waals surface area contributed by atoms with Crippen molar-refractivity contribution in [2.75, 3.05) is 18.6 Å². The number of aryl methyl sites for hydroxylation is 1. The van der Waals surface area contributed by atoms with E-state index >= 15 is 0 Å². The number of carbonyl (C=O) groups excluding carboxylic acids is 1. The highest BCUT2D eigenvalue weighted by atomic mass is 32.2. The third-order valence-corrected chi connectivity index (χ3v) is 7.06. The summed E-state index contributed by atoms with van der Waals surface area (Å²) in [5, 5.41) is 4.02. The fourth-order valence-corrected chi connectivity index (χ4v) is 4.94. The monoisotopic (exact) mass is 445 g/mol. The molecule has 0 radical (unpaired) electrons. The number of benzene rings is 2. The Bertz CT molecular complexity index is 1090. The molecule has 8 heteroatoms. The van der Waals surface area contributed by atoms with Gasteiger partial charge in [-0.3, -0.25) is 4.79 Å². The number of thioether (sulfide) groups is 1. The third kappa shape index (κ3) is 5.65. The molecule has 0 saturated heterocycles. The average molecular weight is 446 g/mol. The average Bonchev–Trinajstić information content (AvgIpc) is 3.14. The fourth-order valence-electron chi connectivity index (χ4n) is 3.23. The number of fused-ring (bicyclic) bond motifs is 1. The SMILES string of the molecule is CSCC[C@@H](NS(=O)(=O)c1ccc(C)cc1)C(=O)NCCc1c[nH]c2ccccc12. The number of carbonyl (C=O) groups is 1. The molecule has 1 aromatic heterocycles. The zero-order valence-electron chi connectivity index (χ0n) is 17.1. The van der Waals surface area contributed by atoms with Gasteiger partial charge >= 0.3 is 0 Å². The summed E-state index contributed by atoms with van der Waals surface area (Å²) >= 11 is 1.58. The Morgan fingerprint density at radius 3 is 2.60 bits per heavy atom. The highest BCUT2D eigenvalue weighted by Gasteiger charge is 2.25. The zero-order chi connectivity index (χ0) is 21.6. The molecular formula is C22H27N3O3S2. The Balaban J connectivity index is 1.63. The summed E-state index contributed by atoms with van der Waals surface area (Å²) < 4.78 is 28.0. The lowest BCUT2D eigenvalue weighted by Gasteiger charge is -2.18. The Morgan fingerprint density at radius 1 is 1.13 bits per heavy atom. The lowest BCUT2D eigenvalue weighted by molar-refractivity contribution is -0.122. The van der Waals surface area contributed by atoms with E-state index in [4.69, 9.17) is 0 Å². The minimum absolute atomic E-state index is 0.161. The molecule has 30 heavy (non-hydrogen) atoms. The first-order valence-corrected chi connectivity index (χ1v) is 12.7. The number of rotatable bonds is 10. The Hall–Kier alpha value is -2.29. The number of hydrogen-bond donors (Lipinski definition) is 3. The quantitative estimate of drug-likeness (QED) is 0.447. The van der Waals surface area contributed by atoms with Gasteiger partial charge in [-0.25, -0.2) is 8.42 Å². The van der Waals surface area contributed by atoms with Crippen LogP contribution in [-0.4, -0.2) is 43.9 Å². The molecule has 3 N–H and O–H groups in total. The molecular weight excluding hydrogens is 418 g/mol. The van der Waals surface area contributed by atoms with Crippen molar-refractivity contribution in [3.05, 3.63) is 65.9 Å². The number of nitrogens with one attached hydrogen (secondary N) is 3. The highest BCUT2D eigenvalue weighted by molar-refractivity contribution is 7.98. The molecule has 0 aliphatic rings. The Labute approximate surface area is 181 Å². The van der Waals surface area contributed by atoms with Gasteiger partial charge in [-0.2, -0.15) is 16.5 Å². The summed E-state index contributed by atoms with van der Waals surface area (Å²) in [6, 6.07) is 13.8. The summed E-state index contributed by atoms with van der Waals surface area (Å²) in [5.74, 6) is 0.372. The van der Waals surface area contributed by atoms with Gasteiger partial charge in [0.2, 0.25) is 15.9 Å². The molecule has 6 nitrogen and oxygen atoms in total. The predicted molar refractivity (Wildman–Crippen MR) is 123 cm³/mol. The van der Waals surface area contributed by atoms with Gasteiger partial charge in [0.25, 0.3) is 0 Å². The van der Waals surface area contributed by atoms with Crippen LogP contribution in [0, 0.1) is 6.92 Å². The van der Waals surface area contributed by atoms with E-state index in [-0.39, 0.29) is 10.8 Å². The molecule has 0 spiro atoms. The Morgan fingerprint density at radius 2 is 1.87 bits per heavy atom. The molecule has 0 saturated carbocycles. The van der Waals surface area contributed by atoms with Crippen LogP contribution in [0.1, 0.15) is 17.5 Å². The topological polar surface area (TPSA) is 91.1 Å².